The number of aliphatic carboxylic acids is 1. The predicted molar refractivity (Wildman–Crippen MR) is 115 cm³/mol. The molecule has 1 N–H and O–H groups in total. The Hall–Kier alpha value is -2.48. The van der Waals surface area contributed by atoms with Crippen LogP contribution < -0.4 is 21.0 Å². The molecule has 0 aromatic heterocycles. The average Bonchev–Trinajstić information content (AvgIpc) is 2.73. The summed E-state index contributed by atoms with van der Waals surface area (Å²) in [7, 11) is -0.534. The first-order valence-corrected chi connectivity index (χ1v) is 10.8. The Balaban J connectivity index is 0.000000541. The van der Waals surface area contributed by atoms with E-state index in [0.717, 1.165) is 20.2 Å². The lowest BCUT2D eigenvalue weighted by Gasteiger charge is -2.26. The highest BCUT2D eigenvalue weighted by Crippen LogP contribution is 2.54. The molecule has 0 bridgehead atoms. The lowest BCUT2D eigenvalue weighted by Crippen LogP contribution is -2.32. The van der Waals surface area contributed by atoms with E-state index < -0.39 is 13.2 Å². The van der Waals surface area contributed by atoms with Crippen molar-refractivity contribution in [2.75, 3.05) is 13.3 Å². The van der Waals surface area contributed by atoms with Gasteiger partial charge in [0.2, 0.25) is 0 Å². The van der Waals surface area contributed by atoms with Crippen molar-refractivity contribution in [2.45, 2.75) is 13.8 Å². The molecule has 0 saturated heterocycles. The SMILES string of the molecule is CC(=O)[O-].CC[P+](c1ccccc1)(c1ccccc1)c1ccccc1.CO. The molecule has 0 fully saturated rings. The van der Waals surface area contributed by atoms with Crippen LogP contribution in [0.3, 0.4) is 0 Å². The number of carboxylic acids is 1. The second-order valence-corrected chi connectivity index (χ2v) is 9.43. The van der Waals surface area contributed by atoms with Gasteiger partial charge in [-0.05, 0) is 50.2 Å². The van der Waals surface area contributed by atoms with Crippen molar-refractivity contribution in [1.82, 2.24) is 0 Å². The first-order chi connectivity index (χ1) is 13.1. The molecule has 27 heavy (non-hydrogen) atoms. The van der Waals surface area contributed by atoms with Crippen LogP contribution in [0.5, 0.6) is 0 Å². The average molecular weight is 382 g/mol. The monoisotopic (exact) mass is 382 g/mol. The van der Waals surface area contributed by atoms with Crippen molar-refractivity contribution < 1.29 is 15.0 Å². The maximum Gasteiger partial charge on any atom is 0.111 e. The van der Waals surface area contributed by atoms with Gasteiger partial charge in [-0.15, -0.1) is 0 Å². The Kier molecular flexibility index (Phi) is 10.0. The fourth-order valence-electron chi connectivity index (χ4n) is 3.04. The molecular weight excluding hydrogens is 355 g/mol. The van der Waals surface area contributed by atoms with E-state index in [1.165, 1.54) is 15.9 Å². The molecule has 4 heteroatoms. The van der Waals surface area contributed by atoms with E-state index in [9.17, 15) is 0 Å². The van der Waals surface area contributed by atoms with Gasteiger partial charge < -0.3 is 15.0 Å². The molecule has 0 saturated carbocycles. The first-order valence-electron chi connectivity index (χ1n) is 8.78. The third-order valence-electron chi connectivity index (χ3n) is 4.07. The molecule has 0 atom stereocenters. The Morgan fingerprint density at radius 2 is 0.963 bits per heavy atom. The normalized spacial score (nSPS) is 9.93. The molecule has 0 amide bonds. The van der Waals surface area contributed by atoms with E-state index in [2.05, 4.69) is 97.9 Å². The van der Waals surface area contributed by atoms with Crippen molar-refractivity contribution in [1.29, 1.82) is 0 Å². The van der Waals surface area contributed by atoms with E-state index in [1.54, 1.807) is 0 Å². The number of aliphatic hydroxyl groups is 1. The zero-order valence-corrected chi connectivity index (χ0v) is 17.0. The Bertz CT molecular complexity index is 674. The van der Waals surface area contributed by atoms with Crippen LogP contribution in [0.25, 0.3) is 0 Å². The third-order valence-corrected chi connectivity index (χ3v) is 8.55. The molecule has 3 aromatic carbocycles. The number of carboxylic acid groups (broad SMARTS) is 1. The van der Waals surface area contributed by atoms with Gasteiger partial charge in [0.1, 0.15) is 23.2 Å². The maximum atomic E-state index is 8.89. The number of carbonyl (C=O) groups excluding carboxylic acids is 1. The summed E-state index contributed by atoms with van der Waals surface area (Å²) in [6, 6.07) is 33.0. The zero-order chi connectivity index (χ0) is 20.1. The number of benzene rings is 3. The first kappa shape index (κ1) is 22.6. The molecule has 3 rings (SSSR count). The van der Waals surface area contributed by atoms with E-state index in [4.69, 9.17) is 15.0 Å². The minimum Gasteiger partial charge on any atom is -0.550 e. The molecule has 0 heterocycles. The highest BCUT2D eigenvalue weighted by atomic mass is 31.2. The minimum absolute atomic E-state index is 0.972. The van der Waals surface area contributed by atoms with Gasteiger partial charge in [-0.25, -0.2) is 0 Å². The molecule has 142 valence electrons. The molecule has 0 unspecified atom stereocenters. The van der Waals surface area contributed by atoms with Crippen molar-refractivity contribution in [3.63, 3.8) is 0 Å². The van der Waals surface area contributed by atoms with Gasteiger partial charge in [0.05, 0.1) is 6.16 Å². The summed E-state index contributed by atoms with van der Waals surface area (Å²) in [5.74, 6) is -1.08. The number of hydrogen-bond donors (Lipinski definition) is 1. The molecular formula is C23H27O3P. The van der Waals surface area contributed by atoms with Crippen LogP contribution in [0.2, 0.25) is 0 Å². The van der Waals surface area contributed by atoms with Gasteiger partial charge in [0.25, 0.3) is 0 Å². The van der Waals surface area contributed by atoms with Crippen LogP contribution in [-0.4, -0.2) is 24.3 Å². The fraction of sp³-hybridized carbons (Fsp3) is 0.174. The third kappa shape index (κ3) is 6.02. The van der Waals surface area contributed by atoms with E-state index >= 15 is 0 Å². The molecule has 0 radical (unpaired) electrons. The Labute approximate surface area is 162 Å². The highest BCUT2D eigenvalue weighted by Gasteiger charge is 2.43. The van der Waals surface area contributed by atoms with Gasteiger partial charge in [0.15, 0.2) is 0 Å². The molecule has 0 spiro atoms. The van der Waals surface area contributed by atoms with Crippen LogP contribution >= 0.6 is 7.26 Å². The van der Waals surface area contributed by atoms with Crippen LogP contribution in [0.1, 0.15) is 13.8 Å². The molecule has 0 aliphatic carbocycles. The standard InChI is InChI=1S/C20H20P.C2H4O2.CH4O/c1-2-21(18-12-6-3-7-13-18,19-14-8-4-9-15-19)20-16-10-5-11-17-20;1-2(3)4;1-2/h3-17H,2H2,1H3;1H3,(H,3,4);2H,1H3/q+1;;/p-1. The number of aliphatic hydroxyl groups excluding tert-OH is 1. The lowest BCUT2D eigenvalue weighted by atomic mass is 10.4. The molecule has 0 aliphatic rings. The van der Waals surface area contributed by atoms with Crippen LogP contribution in [-0.2, 0) is 4.79 Å². The zero-order valence-electron chi connectivity index (χ0n) is 16.1. The quantitative estimate of drug-likeness (QED) is 0.705. The van der Waals surface area contributed by atoms with Crippen molar-refractivity contribution in [3.8, 4) is 0 Å². The molecule has 3 nitrogen and oxygen atoms in total. The van der Waals surface area contributed by atoms with Gasteiger partial charge in [-0.1, -0.05) is 54.6 Å². The number of rotatable bonds is 4. The van der Waals surface area contributed by atoms with Crippen molar-refractivity contribution in [3.05, 3.63) is 91.0 Å². The summed E-state index contributed by atoms with van der Waals surface area (Å²) in [6.45, 7) is 3.29. The van der Waals surface area contributed by atoms with E-state index in [1.807, 2.05) is 0 Å². The largest absolute Gasteiger partial charge is 0.550 e. The number of carbonyl (C=O) groups is 1. The fourth-order valence-corrected chi connectivity index (χ4v) is 7.08. The summed E-state index contributed by atoms with van der Waals surface area (Å²) < 4.78 is 0. The lowest BCUT2D eigenvalue weighted by molar-refractivity contribution is -0.302. The summed E-state index contributed by atoms with van der Waals surface area (Å²) in [6.07, 6.45) is 1.14. The van der Waals surface area contributed by atoms with Gasteiger partial charge in [0, 0.05) is 13.1 Å². The topological polar surface area (TPSA) is 60.4 Å². The van der Waals surface area contributed by atoms with Gasteiger partial charge in [-0.3, -0.25) is 0 Å². The summed E-state index contributed by atoms with van der Waals surface area (Å²) in [4.78, 5) is 8.89. The van der Waals surface area contributed by atoms with Crippen LogP contribution in [0.4, 0.5) is 0 Å². The van der Waals surface area contributed by atoms with Gasteiger partial charge >= 0.3 is 0 Å². The predicted octanol–water partition coefficient (Wildman–Crippen LogP) is 2.37. The van der Waals surface area contributed by atoms with E-state index in [0.29, 0.717) is 0 Å². The summed E-state index contributed by atoms with van der Waals surface area (Å²) >= 11 is 0. The van der Waals surface area contributed by atoms with E-state index in [-0.39, 0.29) is 0 Å². The minimum atomic E-state index is -1.53. The molecule has 0 aliphatic heterocycles. The highest BCUT2D eigenvalue weighted by molar-refractivity contribution is 7.95. The smallest absolute Gasteiger partial charge is 0.111 e. The Morgan fingerprint density at radius 3 is 1.15 bits per heavy atom. The summed E-state index contributed by atoms with van der Waals surface area (Å²) in [5.41, 5.74) is 0. The van der Waals surface area contributed by atoms with Crippen LogP contribution in [0.15, 0.2) is 91.0 Å². The Morgan fingerprint density at radius 1 is 0.741 bits per heavy atom. The number of hydrogen-bond acceptors (Lipinski definition) is 3. The second-order valence-electron chi connectivity index (χ2n) is 5.62. The maximum absolute atomic E-state index is 8.89. The second kappa shape index (κ2) is 12.0. The van der Waals surface area contributed by atoms with Gasteiger partial charge in [-0.2, -0.15) is 0 Å². The van der Waals surface area contributed by atoms with Crippen molar-refractivity contribution in [2.24, 2.45) is 0 Å². The van der Waals surface area contributed by atoms with Crippen molar-refractivity contribution >= 4 is 29.1 Å². The summed E-state index contributed by atoms with van der Waals surface area (Å²) in [5, 5.41) is 20.3. The van der Waals surface area contributed by atoms with Crippen LogP contribution in [0, 0.1) is 0 Å². The molecule has 3 aromatic rings.